The fraction of sp³-hybridized carbons (Fsp3) is 0.833. The van der Waals surface area contributed by atoms with E-state index in [-0.39, 0.29) is 18.4 Å². The van der Waals surface area contributed by atoms with Crippen molar-refractivity contribution in [1.82, 2.24) is 15.1 Å². The minimum atomic E-state index is -0.545. The summed E-state index contributed by atoms with van der Waals surface area (Å²) in [6.45, 7) is 5.30. The Morgan fingerprint density at radius 2 is 2.18 bits per heavy atom. The molecule has 0 bridgehead atoms. The Morgan fingerprint density at radius 1 is 1.53 bits per heavy atom. The van der Waals surface area contributed by atoms with Crippen molar-refractivity contribution in [2.75, 3.05) is 26.7 Å². The Hall–Kier alpha value is -1.10. The lowest BCUT2D eigenvalue weighted by Crippen LogP contribution is -2.62. The third-order valence-corrected chi connectivity index (χ3v) is 3.58. The number of hydrogen-bond acceptors (Lipinski definition) is 3. The molecule has 0 aromatic heterocycles. The summed E-state index contributed by atoms with van der Waals surface area (Å²) in [5.74, 6) is 0.0693. The predicted molar refractivity (Wildman–Crippen MR) is 64.5 cm³/mol. The van der Waals surface area contributed by atoms with Crippen LogP contribution < -0.4 is 5.32 Å². The summed E-state index contributed by atoms with van der Waals surface area (Å²) in [7, 11) is 1.83. The number of rotatable bonds is 3. The van der Waals surface area contributed by atoms with E-state index in [4.69, 9.17) is 0 Å². The number of nitrogens with one attached hydrogen (secondary N) is 1. The van der Waals surface area contributed by atoms with Gasteiger partial charge in [-0.15, -0.1) is 0 Å². The maximum atomic E-state index is 12.1. The maximum absolute atomic E-state index is 12.1. The Labute approximate surface area is 102 Å². The first kappa shape index (κ1) is 12.4. The lowest BCUT2D eigenvalue weighted by molar-refractivity contribution is -0.145. The molecule has 2 amide bonds. The molecule has 96 valence electrons. The summed E-state index contributed by atoms with van der Waals surface area (Å²) < 4.78 is 0. The minimum absolute atomic E-state index is 0.0151. The summed E-state index contributed by atoms with van der Waals surface area (Å²) in [5.41, 5.74) is -0.545. The van der Waals surface area contributed by atoms with E-state index >= 15 is 0 Å². The summed E-state index contributed by atoms with van der Waals surface area (Å²) >= 11 is 0. The van der Waals surface area contributed by atoms with Gasteiger partial charge in [0.2, 0.25) is 11.8 Å². The average molecular weight is 239 g/mol. The van der Waals surface area contributed by atoms with Crippen molar-refractivity contribution in [3.63, 3.8) is 0 Å². The minimum Gasteiger partial charge on any atom is -0.341 e. The normalized spacial score (nSPS) is 23.7. The molecule has 1 heterocycles. The van der Waals surface area contributed by atoms with Crippen LogP contribution in [-0.4, -0.2) is 59.9 Å². The zero-order chi connectivity index (χ0) is 12.6. The van der Waals surface area contributed by atoms with Crippen LogP contribution in [0.3, 0.4) is 0 Å². The van der Waals surface area contributed by atoms with Crippen LogP contribution in [0.15, 0.2) is 0 Å². The molecular formula is C12H21N3O2. The van der Waals surface area contributed by atoms with E-state index in [1.165, 1.54) is 0 Å². The van der Waals surface area contributed by atoms with Gasteiger partial charge in [-0.3, -0.25) is 9.59 Å². The smallest absolute Gasteiger partial charge is 0.242 e. The number of carbonyl (C=O) groups is 2. The fourth-order valence-corrected chi connectivity index (χ4v) is 2.17. The van der Waals surface area contributed by atoms with Crippen LogP contribution in [0.5, 0.6) is 0 Å². The van der Waals surface area contributed by atoms with Gasteiger partial charge in [-0.2, -0.15) is 0 Å². The molecule has 0 unspecified atom stereocenters. The molecule has 2 fully saturated rings. The van der Waals surface area contributed by atoms with Crippen molar-refractivity contribution in [3.8, 4) is 0 Å². The van der Waals surface area contributed by atoms with Gasteiger partial charge >= 0.3 is 0 Å². The van der Waals surface area contributed by atoms with Gasteiger partial charge in [0.1, 0.15) is 0 Å². The third kappa shape index (κ3) is 2.60. The molecule has 0 aromatic rings. The lowest BCUT2D eigenvalue weighted by Gasteiger charge is -2.38. The first-order valence-corrected chi connectivity index (χ1v) is 6.22. The third-order valence-electron chi connectivity index (χ3n) is 3.58. The van der Waals surface area contributed by atoms with Gasteiger partial charge in [0, 0.05) is 26.2 Å². The van der Waals surface area contributed by atoms with Crippen molar-refractivity contribution in [2.24, 2.45) is 0 Å². The van der Waals surface area contributed by atoms with Crippen LogP contribution in [0.1, 0.15) is 26.7 Å². The molecule has 2 rings (SSSR count). The fourth-order valence-electron chi connectivity index (χ4n) is 2.17. The van der Waals surface area contributed by atoms with Crippen LogP contribution >= 0.6 is 0 Å². The van der Waals surface area contributed by atoms with E-state index in [9.17, 15) is 9.59 Å². The number of amides is 2. The molecule has 1 aliphatic heterocycles. The molecule has 0 spiro atoms. The standard InChI is InChI=1S/C12H21N3O2/c1-12(2)11(17)15(7-6-13-12)8-10(16)14(3)9-4-5-9/h9,13H,4-8H2,1-3H3. The summed E-state index contributed by atoms with van der Waals surface area (Å²) in [5, 5.41) is 3.16. The first-order valence-electron chi connectivity index (χ1n) is 6.22. The van der Waals surface area contributed by atoms with E-state index in [1.807, 2.05) is 20.9 Å². The molecule has 0 atom stereocenters. The maximum Gasteiger partial charge on any atom is 0.242 e. The Kier molecular flexibility index (Phi) is 3.12. The topological polar surface area (TPSA) is 52.7 Å². The van der Waals surface area contributed by atoms with E-state index in [1.54, 1.807) is 9.80 Å². The zero-order valence-electron chi connectivity index (χ0n) is 10.8. The Bertz CT molecular complexity index is 337. The summed E-state index contributed by atoms with van der Waals surface area (Å²) in [6.07, 6.45) is 2.20. The van der Waals surface area contributed by atoms with Gasteiger partial charge < -0.3 is 15.1 Å². The molecule has 5 heteroatoms. The van der Waals surface area contributed by atoms with Gasteiger partial charge in [-0.25, -0.2) is 0 Å². The quantitative estimate of drug-likeness (QED) is 0.743. The summed E-state index contributed by atoms with van der Waals surface area (Å²) in [4.78, 5) is 27.5. The van der Waals surface area contributed by atoms with E-state index < -0.39 is 5.54 Å². The molecule has 17 heavy (non-hydrogen) atoms. The van der Waals surface area contributed by atoms with Crippen LogP contribution in [0.4, 0.5) is 0 Å². The molecule has 5 nitrogen and oxygen atoms in total. The van der Waals surface area contributed by atoms with E-state index in [0.717, 1.165) is 19.4 Å². The molecule has 1 saturated carbocycles. The highest BCUT2D eigenvalue weighted by atomic mass is 16.2. The number of likely N-dealkylation sites (N-methyl/N-ethyl adjacent to an activating group) is 1. The molecule has 1 aliphatic carbocycles. The van der Waals surface area contributed by atoms with Crippen molar-refractivity contribution in [2.45, 2.75) is 38.3 Å². The molecule has 0 radical (unpaired) electrons. The Balaban J connectivity index is 1.93. The SMILES string of the molecule is CN(C(=O)CN1CCNC(C)(C)C1=O)C1CC1. The van der Waals surface area contributed by atoms with Crippen LogP contribution in [-0.2, 0) is 9.59 Å². The van der Waals surface area contributed by atoms with Crippen molar-refractivity contribution in [3.05, 3.63) is 0 Å². The van der Waals surface area contributed by atoms with Gasteiger partial charge in [0.15, 0.2) is 0 Å². The number of nitrogens with zero attached hydrogens (tertiary/aromatic N) is 2. The highest BCUT2D eigenvalue weighted by molar-refractivity contribution is 5.90. The second-order valence-corrected chi connectivity index (χ2v) is 5.51. The largest absolute Gasteiger partial charge is 0.341 e. The molecule has 1 saturated heterocycles. The van der Waals surface area contributed by atoms with Gasteiger partial charge in [0.25, 0.3) is 0 Å². The number of hydrogen-bond donors (Lipinski definition) is 1. The van der Waals surface area contributed by atoms with E-state index in [0.29, 0.717) is 12.6 Å². The van der Waals surface area contributed by atoms with E-state index in [2.05, 4.69) is 5.32 Å². The average Bonchev–Trinajstić information content (AvgIpc) is 3.07. The van der Waals surface area contributed by atoms with Crippen molar-refractivity contribution < 1.29 is 9.59 Å². The highest BCUT2D eigenvalue weighted by Gasteiger charge is 2.37. The number of piperazine rings is 1. The first-order chi connectivity index (χ1) is 7.92. The zero-order valence-corrected chi connectivity index (χ0v) is 10.8. The van der Waals surface area contributed by atoms with Crippen LogP contribution in [0, 0.1) is 0 Å². The molecule has 1 N–H and O–H groups in total. The number of carbonyl (C=O) groups excluding carboxylic acids is 2. The van der Waals surface area contributed by atoms with Gasteiger partial charge in [-0.1, -0.05) is 0 Å². The molecular weight excluding hydrogens is 218 g/mol. The molecule has 2 aliphatic rings. The molecule has 0 aromatic carbocycles. The second kappa shape index (κ2) is 4.29. The lowest BCUT2D eigenvalue weighted by atomic mass is 10.0. The van der Waals surface area contributed by atoms with Crippen molar-refractivity contribution >= 4 is 11.8 Å². The van der Waals surface area contributed by atoms with Crippen molar-refractivity contribution in [1.29, 1.82) is 0 Å². The van der Waals surface area contributed by atoms with Crippen LogP contribution in [0.25, 0.3) is 0 Å². The second-order valence-electron chi connectivity index (χ2n) is 5.51. The summed E-state index contributed by atoms with van der Waals surface area (Å²) in [6, 6.07) is 0.411. The monoisotopic (exact) mass is 239 g/mol. The van der Waals surface area contributed by atoms with Gasteiger partial charge in [0.05, 0.1) is 12.1 Å². The predicted octanol–water partition coefficient (Wildman–Crippen LogP) is -0.182. The highest BCUT2D eigenvalue weighted by Crippen LogP contribution is 2.25. The van der Waals surface area contributed by atoms with Gasteiger partial charge in [-0.05, 0) is 26.7 Å². The van der Waals surface area contributed by atoms with Crippen LogP contribution in [0.2, 0.25) is 0 Å². The Morgan fingerprint density at radius 3 is 2.76 bits per heavy atom.